The van der Waals surface area contributed by atoms with Crippen LogP contribution in [0.2, 0.25) is 18.1 Å². The van der Waals surface area contributed by atoms with Crippen LogP contribution in [-0.4, -0.2) is 29.1 Å². The smallest absolute Gasteiger partial charge is 0.225 e. The predicted molar refractivity (Wildman–Crippen MR) is 104 cm³/mol. The summed E-state index contributed by atoms with van der Waals surface area (Å²) < 4.78 is 4.80. The van der Waals surface area contributed by atoms with Gasteiger partial charge in [0, 0.05) is 11.2 Å². The number of rotatable bonds is 7. The normalized spacial score (nSPS) is 16.5. The van der Waals surface area contributed by atoms with Crippen molar-refractivity contribution in [1.29, 1.82) is 0 Å². The zero-order valence-corrected chi connectivity index (χ0v) is 18.3. The van der Waals surface area contributed by atoms with Gasteiger partial charge in [-0.05, 0) is 25.1 Å². The Morgan fingerprint density at radius 3 is 2.00 bits per heavy atom. The van der Waals surface area contributed by atoms with Crippen molar-refractivity contribution in [3.05, 3.63) is 12.7 Å². The van der Waals surface area contributed by atoms with E-state index < -0.39 is 18.6 Å². The van der Waals surface area contributed by atoms with Crippen molar-refractivity contribution >= 4 is 48.4 Å². The molecule has 0 aromatic rings. The third-order valence-corrected chi connectivity index (χ3v) is 10.7. The third-order valence-electron chi connectivity index (χ3n) is 4.08. The maximum Gasteiger partial charge on any atom is 0.225 e. The Labute approximate surface area is 151 Å². The van der Waals surface area contributed by atoms with E-state index in [0.29, 0.717) is 0 Å². The minimum Gasteiger partial charge on any atom is -0.413 e. The first-order valence-electron chi connectivity index (χ1n) is 7.56. The monoisotopic (exact) mass is 384 g/mol. The molecule has 0 saturated carbocycles. The molecule has 0 radical (unpaired) electrons. The van der Waals surface area contributed by atoms with Crippen molar-refractivity contribution in [3.8, 4) is 0 Å². The maximum absolute atomic E-state index is 12.3. The number of halogens is 2. The van der Waals surface area contributed by atoms with Gasteiger partial charge in [-0.25, -0.2) is 0 Å². The highest BCUT2D eigenvalue weighted by Crippen LogP contribution is 2.43. The summed E-state index contributed by atoms with van der Waals surface area (Å²) in [5, 5.41) is -0.0433. The van der Waals surface area contributed by atoms with Crippen molar-refractivity contribution in [2.45, 2.75) is 75.4 Å². The Kier molecular flexibility index (Phi) is 8.25. The van der Waals surface area contributed by atoms with Gasteiger partial charge in [-0.15, -0.1) is 6.58 Å². The molecule has 130 valence electrons. The van der Waals surface area contributed by atoms with Gasteiger partial charge in [-0.3, -0.25) is 4.79 Å². The fourth-order valence-electron chi connectivity index (χ4n) is 1.78. The van der Waals surface area contributed by atoms with E-state index in [2.05, 4.69) is 40.4 Å². The van der Waals surface area contributed by atoms with Crippen LogP contribution >= 0.6 is 35.0 Å². The number of carbonyl (C=O) groups excluding carboxylic acids is 1. The molecule has 2 nitrogen and oxygen atoms in total. The molecule has 22 heavy (non-hydrogen) atoms. The summed E-state index contributed by atoms with van der Waals surface area (Å²) in [6.07, 6.45) is 1.36. The molecule has 0 fully saturated rings. The minimum absolute atomic E-state index is 0.0744. The van der Waals surface area contributed by atoms with Gasteiger partial charge < -0.3 is 4.43 Å². The van der Waals surface area contributed by atoms with Gasteiger partial charge in [0.2, 0.25) is 5.12 Å². The Morgan fingerprint density at radius 1 is 1.23 bits per heavy atom. The second-order valence-corrected chi connectivity index (χ2v) is 15.1. The molecule has 0 saturated heterocycles. The maximum atomic E-state index is 12.3. The van der Waals surface area contributed by atoms with Gasteiger partial charge in [0.15, 0.2) is 12.7 Å². The lowest BCUT2D eigenvalue weighted by Gasteiger charge is -2.41. The van der Waals surface area contributed by atoms with Gasteiger partial charge >= 0.3 is 0 Å². The summed E-state index contributed by atoms with van der Waals surface area (Å²) in [5.74, 6) is -0.455. The highest BCUT2D eigenvalue weighted by molar-refractivity contribution is 8.14. The standard InChI is InChI=1S/C16H30Cl2O2SSi/c1-10-13(16(17,18)14(19)21-11(2)3)12(4)20-22(8,9)15(5,6)7/h10-13H,1H2,2-9H3/t12-,13-/m0/s1. The van der Waals surface area contributed by atoms with Crippen molar-refractivity contribution in [3.63, 3.8) is 0 Å². The first-order chi connectivity index (χ1) is 9.66. The van der Waals surface area contributed by atoms with E-state index in [4.69, 9.17) is 27.6 Å². The number of hydrogen-bond acceptors (Lipinski definition) is 3. The van der Waals surface area contributed by atoms with Crippen LogP contribution in [0.25, 0.3) is 0 Å². The fraction of sp³-hybridized carbons (Fsp3) is 0.812. The highest BCUT2D eigenvalue weighted by atomic mass is 35.5. The molecule has 0 N–H and O–H groups in total. The molecule has 0 unspecified atom stereocenters. The first-order valence-corrected chi connectivity index (χ1v) is 12.1. The molecule has 0 aliphatic rings. The van der Waals surface area contributed by atoms with E-state index >= 15 is 0 Å². The Bertz CT molecular complexity index is 403. The molecular weight excluding hydrogens is 355 g/mol. The van der Waals surface area contributed by atoms with E-state index in [1.807, 2.05) is 20.8 Å². The average molecular weight is 385 g/mol. The van der Waals surface area contributed by atoms with Gasteiger partial charge in [0.1, 0.15) is 0 Å². The number of hydrogen-bond donors (Lipinski definition) is 0. The molecule has 0 aliphatic heterocycles. The van der Waals surface area contributed by atoms with E-state index in [-0.39, 0.29) is 21.5 Å². The number of thioether (sulfide) groups is 1. The van der Waals surface area contributed by atoms with Crippen LogP contribution in [0.4, 0.5) is 0 Å². The number of carbonyl (C=O) groups is 1. The lowest BCUT2D eigenvalue weighted by Crippen LogP contribution is -2.48. The summed E-state index contributed by atoms with van der Waals surface area (Å²) in [4.78, 5) is 12.3. The number of alkyl halides is 2. The predicted octanol–water partition coefficient (Wildman–Crippen LogP) is 6.04. The SMILES string of the molecule is C=C[C@@H]([C@H](C)O[Si](C)(C)C(C)(C)C)C(Cl)(Cl)C(=O)SC(C)C. The van der Waals surface area contributed by atoms with Gasteiger partial charge in [-0.1, -0.05) is 75.7 Å². The summed E-state index contributed by atoms with van der Waals surface area (Å²) in [5.41, 5.74) is 0. The van der Waals surface area contributed by atoms with E-state index in [0.717, 1.165) is 11.8 Å². The molecular formula is C16H30Cl2O2SSi. The molecule has 0 rings (SSSR count). The molecule has 0 spiro atoms. The van der Waals surface area contributed by atoms with Crippen molar-refractivity contribution < 1.29 is 9.22 Å². The van der Waals surface area contributed by atoms with Crippen molar-refractivity contribution in [1.82, 2.24) is 0 Å². The second-order valence-electron chi connectivity index (χ2n) is 7.42. The summed E-state index contributed by atoms with van der Waals surface area (Å²) in [7, 11) is -1.98. The molecule has 0 bridgehead atoms. The fourth-order valence-corrected chi connectivity index (χ4v) is 4.73. The topological polar surface area (TPSA) is 26.3 Å². The van der Waals surface area contributed by atoms with E-state index in [1.54, 1.807) is 6.08 Å². The van der Waals surface area contributed by atoms with Crippen LogP contribution in [0.5, 0.6) is 0 Å². The zero-order valence-electron chi connectivity index (χ0n) is 15.0. The molecule has 0 heterocycles. The largest absolute Gasteiger partial charge is 0.413 e. The quantitative estimate of drug-likeness (QED) is 0.304. The van der Waals surface area contributed by atoms with E-state index in [1.165, 1.54) is 0 Å². The summed E-state index contributed by atoms with van der Waals surface area (Å²) >= 11 is 13.9. The third kappa shape index (κ3) is 5.86. The Morgan fingerprint density at radius 2 is 1.68 bits per heavy atom. The second kappa shape index (κ2) is 8.06. The molecule has 0 aliphatic carbocycles. The van der Waals surface area contributed by atoms with Gasteiger partial charge in [0.05, 0.1) is 6.10 Å². The highest BCUT2D eigenvalue weighted by Gasteiger charge is 2.47. The summed E-state index contributed by atoms with van der Waals surface area (Å²) in [6, 6.07) is 0. The van der Waals surface area contributed by atoms with Gasteiger partial charge in [0.25, 0.3) is 0 Å². The Balaban J connectivity index is 5.25. The zero-order chi connectivity index (χ0) is 17.9. The van der Waals surface area contributed by atoms with Gasteiger partial charge in [-0.2, -0.15) is 0 Å². The average Bonchev–Trinajstić information content (AvgIpc) is 2.25. The lowest BCUT2D eigenvalue weighted by molar-refractivity contribution is -0.112. The summed E-state index contributed by atoms with van der Waals surface area (Å²) in [6.45, 7) is 20.4. The molecule has 0 aromatic heterocycles. The van der Waals surface area contributed by atoms with Crippen LogP contribution in [-0.2, 0) is 9.22 Å². The lowest BCUT2D eigenvalue weighted by atomic mass is 10.00. The first kappa shape index (κ1) is 22.5. The van der Waals surface area contributed by atoms with Crippen LogP contribution < -0.4 is 0 Å². The van der Waals surface area contributed by atoms with Crippen LogP contribution in [0.3, 0.4) is 0 Å². The van der Waals surface area contributed by atoms with Crippen LogP contribution in [0.15, 0.2) is 12.7 Å². The molecule has 6 heteroatoms. The van der Waals surface area contributed by atoms with Crippen LogP contribution in [0.1, 0.15) is 41.5 Å². The minimum atomic E-state index is -1.98. The molecule has 0 amide bonds. The Hall–Kier alpha value is 0.517. The molecule has 2 atom stereocenters. The molecule has 0 aromatic carbocycles. The van der Waals surface area contributed by atoms with Crippen molar-refractivity contribution in [2.24, 2.45) is 5.92 Å². The van der Waals surface area contributed by atoms with E-state index in [9.17, 15) is 4.79 Å². The van der Waals surface area contributed by atoms with Crippen molar-refractivity contribution in [2.75, 3.05) is 0 Å². The van der Waals surface area contributed by atoms with Crippen LogP contribution in [0, 0.1) is 5.92 Å².